The molecule has 0 aromatic rings. The zero-order chi connectivity index (χ0) is 13.4. The van der Waals surface area contributed by atoms with E-state index in [0.717, 1.165) is 43.2 Å². The van der Waals surface area contributed by atoms with Crippen LogP contribution < -0.4 is 5.32 Å². The van der Waals surface area contributed by atoms with Gasteiger partial charge in [-0.3, -0.25) is 4.99 Å². The maximum atomic E-state index is 4.40. The lowest BCUT2D eigenvalue weighted by Crippen LogP contribution is -2.49. The maximum absolute atomic E-state index is 4.40. The average molecular weight is 269 g/mol. The summed E-state index contributed by atoms with van der Waals surface area (Å²) in [4.78, 5) is 6.80. The number of hydrogen-bond acceptors (Lipinski definition) is 2. The van der Waals surface area contributed by atoms with Crippen LogP contribution in [0.1, 0.15) is 27.2 Å². The van der Waals surface area contributed by atoms with E-state index in [1.54, 1.807) is 0 Å². The van der Waals surface area contributed by atoms with Gasteiger partial charge in [-0.25, -0.2) is 0 Å². The predicted octanol–water partition coefficient (Wildman–Crippen LogP) is 2.60. The van der Waals surface area contributed by atoms with Crippen LogP contribution in [0.5, 0.6) is 0 Å². The summed E-state index contributed by atoms with van der Waals surface area (Å²) in [5.74, 6) is 3.00. The molecule has 1 rings (SSSR count). The zero-order valence-corrected chi connectivity index (χ0v) is 13.0. The fraction of sp³-hybridized carbons (Fsp3) is 0.786. The Morgan fingerprint density at radius 2 is 2.33 bits per heavy atom. The molecule has 4 heteroatoms. The summed E-state index contributed by atoms with van der Waals surface area (Å²) in [6, 6.07) is 0. The Balaban J connectivity index is 2.44. The van der Waals surface area contributed by atoms with Crippen LogP contribution in [0.15, 0.2) is 17.1 Å². The van der Waals surface area contributed by atoms with Gasteiger partial charge in [-0.1, -0.05) is 26.0 Å². The molecular formula is C14H27N3S. The summed E-state index contributed by atoms with van der Waals surface area (Å²) >= 11 is 2.10. The Hall–Kier alpha value is -0.640. The van der Waals surface area contributed by atoms with Crippen molar-refractivity contribution in [1.82, 2.24) is 10.2 Å². The first kappa shape index (κ1) is 15.4. The molecule has 1 heterocycles. The van der Waals surface area contributed by atoms with E-state index in [1.165, 1.54) is 5.75 Å². The van der Waals surface area contributed by atoms with Gasteiger partial charge in [0.05, 0.1) is 0 Å². The van der Waals surface area contributed by atoms with Crippen LogP contribution in [-0.2, 0) is 0 Å². The van der Waals surface area contributed by atoms with Gasteiger partial charge in [-0.2, -0.15) is 11.8 Å². The second-order valence-corrected chi connectivity index (χ2v) is 6.28. The van der Waals surface area contributed by atoms with Crippen LogP contribution in [0.4, 0.5) is 0 Å². The molecule has 1 aliphatic heterocycles. The third-order valence-corrected chi connectivity index (χ3v) is 4.72. The number of hydrogen-bond donors (Lipinski definition) is 1. The van der Waals surface area contributed by atoms with Crippen LogP contribution in [0.3, 0.4) is 0 Å². The molecule has 1 aliphatic rings. The molecular weight excluding hydrogens is 242 g/mol. The largest absolute Gasteiger partial charge is 0.356 e. The van der Waals surface area contributed by atoms with Crippen LogP contribution >= 0.6 is 11.8 Å². The van der Waals surface area contributed by atoms with E-state index < -0.39 is 0 Å². The Bertz CT molecular complexity index is 287. The van der Waals surface area contributed by atoms with Gasteiger partial charge in [0.25, 0.3) is 0 Å². The summed E-state index contributed by atoms with van der Waals surface area (Å²) in [7, 11) is 1.88. The topological polar surface area (TPSA) is 27.6 Å². The normalized spacial score (nSPS) is 21.9. The van der Waals surface area contributed by atoms with Crippen LogP contribution in [0.25, 0.3) is 0 Å². The van der Waals surface area contributed by atoms with Gasteiger partial charge < -0.3 is 10.2 Å². The third-order valence-electron chi connectivity index (χ3n) is 3.18. The van der Waals surface area contributed by atoms with Crippen molar-refractivity contribution in [1.29, 1.82) is 0 Å². The second-order valence-electron chi connectivity index (χ2n) is 4.93. The average Bonchev–Trinajstić information content (AvgIpc) is 2.39. The molecule has 0 amide bonds. The van der Waals surface area contributed by atoms with Crippen molar-refractivity contribution in [2.75, 3.05) is 32.4 Å². The summed E-state index contributed by atoms with van der Waals surface area (Å²) in [6.07, 6.45) is 5.34. The van der Waals surface area contributed by atoms with E-state index in [1.807, 2.05) is 7.05 Å². The predicted molar refractivity (Wildman–Crippen MR) is 83.4 cm³/mol. The molecule has 1 saturated heterocycles. The lowest BCUT2D eigenvalue weighted by Gasteiger charge is -2.36. The Labute approximate surface area is 116 Å². The number of nitrogens with one attached hydrogen (secondary N) is 1. The molecule has 0 saturated carbocycles. The van der Waals surface area contributed by atoms with Crippen LogP contribution in [0, 0.1) is 5.92 Å². The van der Waals surface area contributed by atoms with E-state index in [0.29, 0.717) is 0 Å². The standard InChI is InChI=1S/C14H27N3S/c1-5-6-7-8-16-14(15-4)17-9-10-18-13(11-17)12(2)3/h5-6,12-13H,7-11H2,1-4H3,(H,15,16)/b6-5+. The van der Waals surface area contributed by atoms with Gasteiger partial charge in [0.1, 0.15) is 0 Å². The van der Waals surface area contributed by atoms with Gasteiger partial charge in [0.2, 0.25) is 0 Å². The number of rotatable bonds is 4. The highest BCUT2D eigenvalue weighted by Crippen LogP contribution is 2.24. The van der Waals surface area contributed by atoms with E-state index >= 15 is 0 Å². The molecule has 1 fully saturated rings. The molecule has 3 nitrogen and oxygen atoms in total. The van der Waals surface area contributed by atoms with Crippen LogP contribution in [-0.4, -0.2) is 48.5 Å². The van der Waals surface area contributed by atoms with Gasteiger partial charge in [-0.05, 0) is 19.3 Å². The highest BCUT2D eigenvalue weighted by atomic mass is 32.2. The molecule has 0 aromatic carbocycles. The Morgan fingerprint density at radius 3 is 2.94 bits per heavy atom. The van der Waals surface area contributed by atoms with Gasteiger partial charge in [-0.15, -0.1) is 0 Å². The van der Waals surface area contributed by atoms with Crippen molar-refractivity contribution in [3.8, 4) is 0 Å². The molecule has 1 unspecified atom stereocenters. The van der Waals surface area contributed by atoms with E-state index in [4.69, 9.17) is 0 Å². The third kappa shape index (κ3) is 4.92. The summed E-state index contributed by atoms with van der Waals surface area (Å²) in [5.41, 5.74) is 0. The lowest BCUT2D eigenvalue weighted by atomic mass is 10.1. The SMILES string of the molecule is C/C=C/CCNC(=NC)N1CCSC(C(C)C)C1. The van der Waals surface area contributed by atoms with Crippen LogP contribution in [0.2, 0.25) is 0 Å². The maximum Gasteiger partial charge on any atom is 0.193 e. The Kier molecular flexibility index (Phi) is 7.25. The molecule has 1 N–H and O–H groups in total. The van der Waals surface area contributed by atoms with Gasteiger partial charge >= 0.3 is 0 Å². The van der Waals surface area contributed by atoms with Crippen molar-refractivity contribution in [2.24, 2.45) is 10.9 Å². The molecule has 0 radical (unpaired) electrons. The first-order chi connectivity index (χ1) is 8.69. The summed E-state index contributed by atoms with van der Waals surface area (Å²) in [5, 5.41) is 4.18. The van der Waals surface area contributed by atoms with Gasteiger partial charge in [0, 0.05) is 37.7 Å². The first-order valence-corrected chi connectivity index (χ1v) is 7.92. The zero-order valence-electron chi connectivity index (χ0n) is 12.1. The molecule has 0 aromatic heterocycles. The van der Waals surface area contributed by atoms with E-state index in [2.05, 4.69) is 59.9 Å². The van der Waals surface area contributed by atoms with Gasteiger partial charge in [0.15, 0.2) is 5.96 Å². The Morgan fingerprint density at radius 1 is 1.56 bits per heavy atom. The fourth-order valence-electron chi connectivity index (χ4n) is 2.04. The van der Waals surface area contributed by atoms with E-state index in [-0.39, 0.29) is 0 Å². The number of guanidine groups is 1. The minimum atomic E-state index is 0.729. The lowest BCUT2D eigenvalue weighted by molar-refractivity contribution is 0.381. The molecule has 0 aliphatic carbocycles. The summed E-state index contributed by atoms with van der Waals surface area (Å²) in [6.45, 7) is 9.87. The van der Waals surface area contributed by atoms with Crippen molar-refractivity contribution in [3.05, 3.63) is 12.2 Å². The quantitative estimate of drug-likeness (QED) is 0.368. The number of nitrogens with zero attached hydrogens (tertiary/aromatic N) is 2. The number of allylic oxidation sites excluding steroid dienone is 1. The van der Waals surface area contributed by atoms with Crippen molar-refractivity contribution >= 4 is 17.7 Å². The molecule has 0 spiro atoms. The molecule has 1 atom stereocenters. The minimum Gasteiger partial charge on any atom is -0.356 e. The smallest absolute Gasteiger partial charge is 0.193 e. The molecule has 18 heavy (non-hydrogen) atoms. The van der Waals surface area contributed by atoms with Crippen molar-refractivity contribution in [2.45, 2.75) is 32.4 Å². The number of aliphatic imine (C=N–C) groups is 1. The minimum absolute atomic E-state index is 0.729. The monoisotopic (exact) mass is 269 g/mol. The van der Waals surface area contributed by atoms with E-state index in [9.17, 15) is 0 Å². The summed E-state index contributed by atoms with van der Waals surface area (Å²) < 4.78 is 0. The first-order valence-electron chi connectivity index (χ1n) is 6.87. The highest BCUT2D eigenvalue weighted by Gasteiger charge is 2.24. The van der Waals surface area contributed by atoms with Crippen molar-refractivity contribution < 1.29 is 0 Å². The van der Waals surface area contributed by atoms with Crippen molar-refractivity contribution in [3.63, 3.8) is 0 Å². The second kappa shape index (κ2) is 8.46. The molecule has 104 valence electrons. The highest BCUT2D eigenvalue weighted by molar-refractivity contribution is 8.00. The molecule has 0 bridgehead atoms. The fourth-order valence-corrected chi connectivity index (χ4v) is 3.34. The number of thioether (sulfide) groups is 1.